The third-order valence-electron chi connectivity index (χ3n) is 2.03. The Kier molecular flexibility index (Phi) is 3.69. The SMILES string of the molecule is CC.Cc1nc2sccn2c1C(C)C. The fourth-order valence-corrected chi connectivity index (χ4v) is 2.37. The topological polar surface area (TPSA) is 17.3 Å². The first-order valence-corrected chi connectivity index (χ1v) is 6.00. The molecule has 0 atom stereocenters. The molecule has 3 heteroatoms. The number of rotatable bonds is 1. The monoisotopic (exact) mass is 210 g/mol. The average Bonchev–Trinajstić information content (AvgIpc) is 2.66. The van der Waals surface area contributed by atoms with Gasteiger partial charge in [0.25, 0.3) is 0 Å². The summed E-state index contributed by atoms with van der Waals surface area (Å²) in [6.07, 6.45) is 2.09. The Labute approximate surface area is 89.6 Å². The van der Waals surface area contributed by atoms with Crippen LogP contribution in [-0.2, 0) is 0 Å². The Morgan fingerprint density at radius 2 is 2.00 bits per heavy atom. The molecule has 14 heavy (non-hydrogen) atoms. The quantitative estimate of drug-likeness (QED) is 0.698. The van der Waals surface area contributed by atoms with Crippen molar-refractivity contribution in [2.45, 2.75) is 40.5 Å². The number of thiazole rings is 1. The molecule has 0 unspecified atom stereocenters. The summed E-state index contributed by atoms with van der Waals surface area (Å²) in [6, 6.07) is 0. The maximum absolute atomic E-state index is 4.48. The molecule has 0 aliphatic heterocycles. The molecular weight excluding hydrogens is 192 g/mol. The van der Waals surface area contributed by atoms with E-state index in [0.29, 0.717) is 5.92 Å². The summed E-state index contributed by atoms with van der Waals surface area (Å²) in [5, 5.41) is 2.08. The van der Waals surface area contributed by atoms with Crippen molar-refractivity contribution in [3.63, 3.8) is 0 Å². The highest BCUT2D eigenvalue weighted by molar-refractivity contribution is 7.15. The van der Waals surface area contributed by atoms with E-state index in [-0.39, 0.29) is 0 Å². The fraction of sp³-hybridized carbons (Fsp3) is 0.545. The lowest BCUT2D eigenvalue weighted by molar-refractivity contribution is 0.801. The van der Waals surface area contributed by atoms with Crippen molar-refractivity contribution in [2.75, 3.05) is 0 Å². The van der Waals surface area contributed by atoms with Gasteiger partial charge in [-0.25, -0.2) is 4.98 Å². The Morgan fingerprint density at radius 1 is 1.36 bits per heavy atom. The third-order valence-corrected chi connectivity index (χ3v) is 2.79. The summed E-state index contributed by atoms with van der Waals surface area (Å²) in [7, 11) is 0. The molecule has 0 amide bonds. The van der Waals surface area contributed by atoms with Gasteiger partial charge in [0.05, 0.1) is 5.69 Å². The van der Waals surface area contributed by atoms with Gasteiger partial charge in [-0.1, -0.05) is 27.7 Å². The molecule has 0 saturated heterocycles. The summed E-state index contributed by atoms with van der Waals surface area (Å²) >= 11 is 1.69. The number of aromatic nitrogens is 2. The summed E-state index contributed by atoms with van der Waals surface area (Å²) in [5.74, 6) is 0.551. The van der Waals surface area contributed by atoms with Crippen LogP contribution in [0.25, 0.3) is 4.96 Å². The predicted octanol–water partition coefficient (Wildman–Crippen LogP) is 3.85. The largest absolute Gasteiger partial charge is 0.294 e. The van der Waals surface area contributed by atoms with E-state index in [0.717, 1.165) is 10.7 Å². The lowest BCUT2D eigenvalue weighted by atomic mass is 10.1. The van der Waals surface area contributed by atoms with Crippen LogP contribution in [0.1, 0.15) is 45.0 Å². The second kappa shape index (κ2) is 4.60. The van der Waals surface area contributed by atoms with E-state index in [1.54, 1.807) is 11.3 Å². The summed E-state index contributed by atoms with van der Waals surface area (Å²) in [4.78, 5) is 5.58. The number of fused-ring (bicyclic) bond motifs is 1. The normalized spacial score (nSPS) is 10.4. The van der Waals surface area contributed by atoms with Crippen LogP contribution in [0, 0.1) is 6.92 Å². The molecular formula is C11H18N2S. The lowest BCUT2D eigenvalue weighted by Gasteiger charge is -2.03. The average molecular weight is 210 g/mol. The number of hydrogen-bond acceptors (Lipinski definition) is 2. The molecule has 0 aliphatic rings. The van der Waals surface area contributed by atoms with Crippen LogP contribution in [0.4, 0.5) is 0 Å². The van der Waals surface area contributed by atoms with Crippen LogP contribution >= 0.6 is 11.3 Å². The first kappa shape index (κ1) is 11.2. The maximum Gasteiger partial charge on any atom is 0.194 e. The second-order valence-electron chi connectivity index (χ2n) is 3.29. The van der Waals surface area contributed by atoms with Gasteiger partial charge in [-0.15, -0.1) is 11.3 Å². The number of hydrogen-bond donors (Lipinski definition) is 0. The lowest BCUT2D eigenvalue weighted by Crippen LogP contribution is -1.94. The highest BCUT2D eigenvalue weighted by Gasteiger charge is 2.11. The summed E-state index contributed by atoms with van der Waals surface area (Å²) in [5.41, 5.74) is 2.50. The number of nitrogens with zero attached hydrogens (tertiary/aromatic N) is 2. The second-order valence-corrected chi connectivity index (χ2v) is 4.17. The van der Waals surface area contributed by atoms with Gasteiger partial charge >= 0.3 is 0 Å². The van der Waals surface area contributed by atoms with E-state index in [1.807, 2.05) is 13.8 Å². The highest BCUT2D eigenvalue weighted by Crippen LogP contribution is 2.22. The molecule has 2 nitrogen and oxygen atoms in total. The van der Waals surface area contributed by atoms with Gasteiger partial charge in [-0.05, 0) is 12.8 Å². The molecule has 0 saturated carbocycles. The van der Waals surface area contributed by atoms with Crippen molar-refractivity contribution in [1.82, 2.24) is 9.38 Å². The molecule has 2 rings (SSSR count). The highest BCUT2D eigenvalue weighted by atomic mass is 32.1. The van der Waals surface area contributed by atoms with E-state index in [2.05, 4.69) is 41.7 Å². The summed E-state index contributed by atoms with van der Waals surface area (Å²) in [6.45, 7) is 10.5. The first-order chi connectivity index (χ1) is 6.70. The van der Waals surface area contributed by atoms with Crippen molar-refractivity contribution in [2.24, 2.45) is 0 Å². The number of aryl methyl sites for hydroxylation is 1. The van der Waals surface area contributed by atoms with Gasteiger partial charge in [0, 0.05) is 17.3 Å². The van der Waals surface area contributed by atoms with Crippen molar-refractivity contribution in [3.05, 3.63) is 23.0 Å². The maximum atomic E-state index is 4.48. The molecule has 0 fully saturated rings. The minimum Gasteiger partial charge on any atom is -0.294 e. The van der Waals surface area contributed by atoms with Crippen molar-refractivity contribution < 1.29 is 0 Å². The first-order valence-electron chi connectivity index (χ1n) is 5.12. The van der Waals surface area contributed by atoms with Crippen LogP contribution in [0.3, 0.4) is 0 Å². The van der Waals surface area contributed by atoms with E-state index in [4.69, 9.17) is 0 Å². The molecule has 0 bridgehead atoms. The van der Waals surface area contributed by atoms with Crippen LogP contribution in [0.5, 0.6) is 0 Å². The molecule has 0 aliphatic carbocycles. The predicted molar refractivity (Wildman–Crippen MR) is 63.2 cm³/mol. The van der Waals surface area contributed by atoms with Crippen LogP contribution in [-0.4, -0.2) is 9.38 Å². The zero-order valence-corrected chi connectivity index (χ0v) is 10.4. The van der Waals surface area contributed by atoms with Crippen LogP contribution in [0.2, 0.25) is 0 Å². The zero-order valence-electron chi connectivity index (χ0n) is 9.53. The molecule has 2 aromatic rings. The molecule has 2 aromatic heterocycles. The molecule has 0 radical (unpaired) electrons. The molecule has 0 aromatic carbocycles. The minimum atomic E-state index is 0.551. The third kappa shape index (κ3) is 1.82. The standard InChI is InChI=1S/C9H12N2S.C2H6/c1-6(2)8-7(3)10-9-11(8)4-5-12-9;1-2/h4-6H,1-3H3;1-2H3. The van der Waals surface area contributed by atoms with Gasteiger partial charge in [0.2, 0.25) is 0 Å². The Bertz CT molecular complexity index is 398. The van der Waals surface area contributed by atoms with Gasteiger partial charge < -0.3 is 0 Å². The minimum absolute atomic E-state index is 0.551. The van der Waals surface area contributed by atoms with E-state index in [9.17, 15) is 0 Å². The van der Waals surface area contributed by atoms with Crippen molar-refractivity contribution >= 4 is 16.3 Å². The van der Waals surface area contributed by atoms with Crippen LogP contribution in [0.15, 0.2) is 11.6 Å². The van der Waals surface area contributed by atoms with Crippen molar-refractivity contribution in [3.8, 4) is 0 Å². The van der Waals surface area contributed by atoms with Gasteiger partial charge in [-0.3, -0.25) is 4.40 Å². The molecule has 78 valence electrons. The van der Waals surface area contributed by atoms with E-state index >= 15 is 0 Å². The molecule has 0 spiro atoms. The Hall–Kier alpha value is -0.830. The zero-order chi connectivity index (χ0) is 10.7. The molecule has 0 N–H and O–H groups in total. The van der Waals surface area contributed by atoms with Crippen LogP contribution < -0.4 is 0 Å². The van der Waals surface area contributed by atoms with Gasteiger partial charge in [-0.2, -0.15) is 0 Å². The van der Waals surface area contributed by atoms with Gasteiger partial charge in [0.1, 0.15) is 0 Å². The van der Waals surface area contributed by atoms with E-state index in [1.165, 1.54) is 5.69 Å². The Morgan fingerprint density at radius 3 is 2.57 bits per heavy atom. The van der Waals surface area contributed by atoms with E-state index < -0.39 is 0 Å². The van der Waals surface area contributed by atoms with Crippen molar-refractivity contribution in [1.29, 1.82) is 0 Å². The molecule has 2 heterocycles. The fourth-order valence-electron chi connectivity index (χ4n) is 1.61. The Balaban J connectivity index is 0.000000461. The summed E-state index contributed by atoms with van der Waals surface area (Å²) < 4.78 is 2.19. The van der Waals surface area contributed by atoms with Gasteiger partial charge in [0.15, 0.2) is 4.96 Å². The number of imidazole rings is 1. The smallest absolute Gasteiger partial charge is 0.194 e.